The highest BCUT2D eigenvalue weighted by Gasteiger charge is 2.10. The molecule has 1 aromatic carbocycles. The number of amides is 1. The van der Waals surface area contributed by atoms with Gasteiger partial charge in [-0.1, -0.05) is 61.9 Å². The lowest BCUT2D eigenvalue weighted by molar-refractivity contribution is -0.118. The van der Waals surface area contributed by atoms with Crippen LogP contribution in [0.1, 0.15) is 26.2 Å². The van der Waals surface area contributed by atoms with Crippen molar-refractivity contribution in [2.75, 3.05) is 12.3 Å². The first-order valence-electron chi connectivity index (χ1n) is 7.69. The summed E-state index contributed by atoms with van der Waals surface area (Å²) in [5, 5.41) is 3.81. The SMILES string of the molecule is CCCCCNC(=O)CSc1ncc(-c2ccccc2)n1C. The molecule has 1 aromatic heterocycles. The van der Waals surface area contributed by atoms with E-state index < -0.39 is 0 Å². The topological polar surface area (TPSA) is 46.9 Å². The zero-order valence-electron chi connectivity index (χ0n) is 13.2. The van der Waals surface area contributed by atoms with Crippen LogP contribution < -0.4 is 5.32 Å². The highest BCUT2D eigenvalue weighted by atomic mass is 32.2. The van der Waals surface area contributed by atoms with Crippen molar-refractivity contribution in [3.8, 4) is 11.3 Å². The molecule has 0 saturated heterocycles. The van der Waals surface area contributed by atoms with Crippen molar-refractivity contribution in [1.29, 1.82) is 0 Å². The van der Waals surface area contributed by atoms with Gasteiger partial charge in [-0.3, -0.25) is 4.79 Å². The van der Waals surface area contributed by atoms with Crippen molar-refractivity contribution < 1.29 is 4.79 Å². The quantitative estimate of drug-likeness (QED) is 0.599. The molecule has 1 N–H and O–H groups in total. The van der Waals surface area contributed by atoms with E-state index in [-0.39, 0.29) is 5.91 Å². The minimum atomic E-state index is 0.0744. The normalized spacial score (nSPS) is 10.6. The molecule has 1 heterocycles. The zero-order valence-corrected chi connectivity index (χ0v) is 14.0. The second-order valence-electron chi connectivity index (χ2n) is 5.20. The number of carbonyl (C=O) groups excluding carboxylic acids is 1. The summed E-state index contributed by atoms with van der Waals surface area (Å²) in [4.78, 5) is 16.2. The summed E-state index contributed by atoms with van der Waals surface area (Å²) < 4.78 is 2.03. The minimum Gasteiger partial charge on any atom is -0.355 e. The number of rotatable bonds is 8. The molecule has 1 amide bonds. The number of unbranched alkanes of at least 4 members (excludes halogenated alkanes) is 2. The molecule has 0 atom stereocenters. The Morgan fingerprint density at radius 2 is 2.05 bits per heavy atom. The van der Waals surface area contributed by atoms with E-state index >= 15 is 0 Å². The lowest BCUT2D eigenvalue weighted by Gasteiger charge is -2.06. The van der Waals surface area contributed by atoms with Crippen molar-refractivity contribution in [3.63, 3.8) is 0 Å². The molecule has 0 radical (unpaired) electrons. The van der Waals surface area contributed by atoms with E-state index in [0.717, 1.165) is 35.8 Å². The van der Waals surface area contributed by atoms with Gasteiger partial charge in [-0.15, -0.1) is 0 Å². The summed E-state index contributed by atoms with van der Waals surface area (Å²) in [5.41, 5.74) is 2.19. The van der Waals surface area contributed by atoms with Crippen LogP contribution in [0.2, 0.25) is 0 Å². The summed E-state index contributed by atoms with van der Waals surface area (Å²) in [6, 6.07) is 10.1. The summed E-state index contributed by atoms with van der Waals surface area (Å²) in [7, 11) is 1.98. The fraction of sp³-hybridized carbons (Fsp3) is 0.412. The van der Waals surface area contributed by atoms with Gasteiger partial charge in [-0.05, 0) is 12.0 Å². The first-order valence-corrected chi connectivity index (χ1v) is 8.67. The van der Waals surface area contributed by atoms with Gasteiger partial charge < -0.3 is 9.88 Å². The lowest BCUT2D eigenvalue weighted by Crippen LogP contribution is -2.26. The molecular formula is C17H23N3OS. The van der Waals surface area contributed by atoms with E-state index in [2.05, 4.69) is 29.4 Å². The highest BCUT2D eigenvalue weighted by Crippen LogP contribution is 2.24. The molecule has 0 spiro atoms. The van der Waals surface area contributed by atoms with Crippen LogP contribution in [0.4, 0.5) is 0 Å². The molecule has 0 fully saturated rings. The predicted octanol–water partition coefficient (Wildman–Crippen LogP) is 3.49. The van der Waals surface area contributed by atoms with Crippen molar-refractivity contribution in [3.05, 3.63) is 36.5 Å². The maximum absolute atomic E-state index is 11.8. The van der Waals surface area contributed by atoms with E-state index in [9.17, 15) is 4.79 Å². The summed E-state index contributed by atoms with van der Waals surface area (Å²) in [5.74, 6) is 0.482. The molecule has 0 aliphatic rings. The van der Waals surface area contributed by atoms with Crippen molar-refractivity contribution in [2.24, 2.45) is 7.05 Å². The molecule has 0 aliphatic carbocycles. The number of benzene rings is 1. The first kappa shape index (κ1) is 16.6. The Morgan fingerprint density at radius 1 is 1.27 bits per heavy atom. The monoisotopic (exact) mass is 317 g/mol. The number of thioether (sulfide) groups is 1. The Hall–Kier alpha value is -1.75. The standard InChI is InChI=1S/C17H23N3OS/c1-3-4-8-11-18-16(21)13-22-17-19-12-15(20(17)2)14-9-6-5-7-10-14/h5-7,9-10,12H,3-4,8,11,13H2,1-2H3,(H,18,21). The number of imidazole rings is 1. The fourth-order valence-electron chi connectivity index (χ4n) is 2.19. The average Bonchev–Trinajstić information content (AvgIpc) is 2.91. The van der Waals surface area contributed by atoms with Gasteiger partial charge in [-0.2, -0.15) is 0 Å². The van der Waals surface area contributed by atoms with Gasteiger partial charge in [0.05, 0.1) is 17.6 Å². The second kappa shape index (κ2) is 8.63. The maximum atomic E-state index is 11.8. The van der Waals surface area contributed by atoms with Crippen LogP contribution in [0.3, 0.4) is 0 Å². The molecule has 0 saturated carbocycles. The molecule has 0 unspecified atom stereocenters. The number of aromatic nitrogens is 2. The Bertz CT molecular complexity index is 595. The van der Waals surface area contributed by atoms with Gasteiger partial charge in [0.1, 0.15) is 0 Å². The maximum Gasteiger partial charge on any atom is 0.230 e. The third-order valence-corrected chi connectivity index (χ3v) is 4.49. The van der Waals surface area contributed by atoms with E-state index in [4.69, 9.17) is 0 Å². The van der Waals surface area contributed by atoms with Gasteiger partial charge in [0, 0.05) is 13.6 Å². The number of carbonyl (C=O) groups is 1. The van der Waals surface area contributed by atoms with Gasteiger partial charge in [0.25, 0.3) is 0 Å². The number of nitrogens with one attached hydrogen (secondary N) is 1. The zero-order chi connectivity index (χ0) is 15.8. The Morgan fingerprint density at radius 3 is 2.77 bits per heavy atom. The Balaban J connectivity index is 1.87. The van der Waals surface area contributed by atoms with Crippen LogP contribution in [0.25, 0.3) is 11.3 Å². The number of hydrogen-bond donors (Lipinski definition) is 1. The van der Waals surface area contributed by atoms with E-state index in [1.807, 2.05) is 36.0 Å². The molecule has 2 rings (SSSR count). The van der Waals surface area contributed by atoms with Crippen LogP contribution in [-0.2, 0) is 11.8 Å². The largest absolute Gasteiger partial charge is 0.355 e. The minimum absolute atomic E-state index is 0.0744. The summed E-state index contributed by atoms with van der Waals surface area (Å²) >= 11 is 1.47. The molecule has 0 aliphatic heterocycles. The van der Waals surface area contributed by atoms with Crippen molar-refractivity contribution in [2.45, 2.75) is 31.3 Å². The number of nitrogens with zero attached hydrogens (tertiary/aromatic N) is 2. The second-order valence-corrected chi connectivity index (χ2v) is 6.14. The van der Waals surface area contributed by atoms with Crippen molar-refractivity contribution >= 4 is 17.7 Å². The van der Waals surface area contributed by atoms with Gasteiger partial charge in [0.2, 0.25) is 5.91 Å². The molecular weight excluding hydrogens is 294 g/mol. The van der Waals surface area contributed by atoms with Crippen LogP contribution >= 0.6 is 11.8 Å². The molecule has 22 heavy (non-hydrogen) atoms. The van der Waals surface area contributed by atoms with Crippen LogP contribution in [0.15, 0.2) is 41.7 Å². The van der Waals surface area contributed by atoms with Gasteiger partial charge in [0.15, 0.2) is 5.16 Å². The Labute approximate surface area is 136 Å². The molecule has 118 valence electrons. The van der Waals surface area contributed by atoms with E-state index in [0.29, 0.717) is 5.75 Å². The smallest absolute Gasteiger partial charge is 0.230 e. The highest BCUT2D eigenvalue weighted by molar-refractivity contribution is 7.99. The predicted molar refractivity (Wildman–Crippen MR) is 91.9 cm³/mol. The first-order chi connectivity index (χ1) is 10.7. The third kappa shape index (κ3) is 4.63. The fourth-order valence-corrected chi connectivity index (χ4v) is 2.97. The summed E-state index contributed by atoms with van der Waals surface area (Å²) in [6.07, 6.45) is 5.23. The lowest BCUT2D eigenvalue weighted by atomic mass is 10.2. The average molecular weight is 317 g/mol. The summed E-state index contributed by atoms with van der Waals surface area (Å²) in [6.45, 7) is 2.92. The van der Waals surface area contributed by atoms with Crippen LogP contribution in [0, 0.1) is 0 Å². The van der Waals surface area contributed by atoms with Gasteiger partial charge >= 0.3 is 0 Å². The molecule has 5 heteroatoms. The van der Waals surface area contributed by atoms with Crippen LogP contribution in [-0.4, -0.2) is 27.8 Å². The molecule has 0 bridgehead atoms. The van der Waals surface area contributed by atoms with E-state index in [1.165, 1.54) is 18.2 Å². The Kier molecular flexibility index (Phi) is 6.52. The third-order valence-electron chi connectivity index (χ3n) is 3.45. The van der Waals surface area contributed by atoms with Gasteiger partial charge in [-0.25, -0.2) is 4.98 Å². The number of hydrogen-bond acceptors (Lipinski definition) is 3. The van der Waals surface area contributed by atoms with Crippen LogP contribution in [0.5, 0.6) is 0 Å². The molecule has 4 nitrogen and oxygen atoms in total. The van der Waals surface area contributed by atoms with E-state index in [1.54, 1.807) is 0 Å². The van der Waals surface area contributed by atoms with Crippen molar-refractivity contribution in [1.82, 2.24) is 14.9 Å². The molecule has 2 aromatic rings.